The van der Waals surface area contributed by atoms with E-state index in [2.05, 4.69) is 4.99 Å². The van der Waals surface area contributed by atoms with Gasteiger partial charge in [-0.25, -0.2) is 13.4 Å². The van der Waals surface area contributed by atoms with Crippen LogP contribution in [0.4, 0.5) is 0 Å². The summed E-state index contributed by atoms with van der Waals surface area (Å²) < 4.78 is 36.5. The molecule has 1 aliphatic rings. The van der Waals surface area contributed by atoms with Crippen molar-refractivity contribution in [3.05, 3.63) is 59.7 Å². The van der Waals surface area contributed by atoms with Crippen LogP contribution < -0.4 is 4.74 Å². The van der Waals surface area contributed by atoms with Crippen LogP contribution >= 0.6 is 0 Å². The maximum atomic E-state index is 12.9. The maximum Gasteiger partial charge on any atom is 0.205 e. The molecule has 0 fully saturated rings. The maximum absolute atomic E-state index is 12.9. The highest BCUT2D eigenvalue weighted by Gasteiger charge is 2.40. The summed E-state index contributed by atoms with van der Waals surface area (Å²) in [5.74, 6) is 0.700. The van der Waals surface area contributed by atoms with Crippen LogP contribution in [0.15, 0.2) is 58.4 Å². The summed E-state index contributed by atoms with van der Waals surface area (Å²) in [7, 11) is -2.06. The number of hydrogen-bond donors (Lipinski definition) is 0. The average molecular weight is 331 g/mol. The lowest BCUT2D eigenvalue weighted by Gasteiger charge is -2.19. The van der Waals surface area contributed by atoms with E-state index in [1.165, 1.54) is 6.40 Å². The number of benzene rings is 2. The van der Waals surface area contributed by atoms with Gasteiger partial charge in [-0.05, 0) is 36.2 Å². The monoisotopic (exact) mass is 331 g/mol. The van der Waals surface area contributed by atoms with Gasteiger partial charge in [0.1, 0.15) is 5.75 Å². The molecular formula is C17H17NO4S. The van der Waals surface area contributed by atoms with Crippen molar-refractivity contribution in [2.45, 2.75) is 23.3 Å². The molecule has 0 saturated carbocycles. The number of aliphatic imine (C=N–C) groups is 1. The van der Waals surface area contributed by atoms with Crippen LogP contribution in [0.5, 0.6) is 5.75 Å². The van der Waals surface area contributed by atoms with Crippen molar-refractivity contribution in [1.29, 1.82) is 0 Å². The predicted molar refractivity (Wildman–Crippen MR) is 87.5 cm³/mol. The second-order valence-corrected chi connectivity index (χ2v) is 7.30. The standard InChI is InChI=1S/C17H17NO4S/c1-12-5-3-4-6-15(12)23(19,20)17-16(22-11-18-17)13-7-9-14(21-2)10-8-13/h3-11,16-17H,1-2H3/t16-,17-/m1/s1. The molecule has 0 N–H and O–H groups in total. The first-order valence-corrected chi connectivity index (χ1v) is 8.69. The van der Waals surface area contributed by atoms with Gasteiger partial charge in [0.05, 0.1) is 12.0 Å². The van der Waals surface area contributed by atoms with Gasteiger partial charge in [-0.3, -0.25) is 0 Å². The lowest BCUT2D eigenvalue weighted by molar-refractivity contribution is 0.227. The fourth-order valence-corrected chi connectivity index (χ4v) is 4.39. The van der Waals surface area contributed by atoms with Gasteiger partial charge in [-0.15, -0.1) is 0 Å². The van der Waals surface area contributed by atoms with E-state index in [1.807, 2.05) is 6.07 Å². The van der Waals surface area contributed by atoms with Gasteiger partial charge in [-0.1, -0.05) is 30.3 Å². The molecule has 23 heavy (non-hydrogen) atoms. The quantitative estimate of drug-likeness (QED) is 0.864. The summed E-state index contributed by atoms with van der Waals surface area (Å²) >= 11 is 0. The zero-order chi connectivity index (χ0) is 16.4. The molecule has 1 heterocycles. The molecular weight excluding hydrogens is 314 g/mol. The highest BCUT2D eigenvalue weighted by Crippen LogP contribution is 2.35. The van der Waals surface area contributed by atoms with E-state index >= 15 is 0 Å². The Morgan fingerprint density at radius 3 is 2.43 bits per heavy atom. The Hall–Kier alpha value is -2.34. The number of nitrogens with zero attached hydrogens (tertiary/aromatic N) is 1. The Bertz CT molecular complexity index is 828. The van der Waals surface area contributed by atoms with Crippen LogP contribution in [0.25, 0.3) is 0 Å². The van der Waals surface area contributed by atoms with Gasteiger partial charge in [-0.2, -0.15) is 0 Å². The van der Waals surface area contributed by atoms with Gasteiger partial charge in [0.15, 0.2) is 17.9 Å². The Morgan fingerprint density at radius 2 is 1.78 bits per heavy atom. The third-order valence-electron chi connectivity index (χ3n) is 3.84. The lowest BCUT2D eigenvalue weighted by atomic mass is 10.1. The molecule has 2 aromatic rings. The number of rotatable bonds is 4. The second-order valence-electron chi connectivity index (χ2n) is 5.29. The Balaban J connectivity index is 1.97. The van der Waals surface area contributed by atoms with E-state index in [1.54, 1.807) is 56.5 Å². The number of methoxy groups -OCH3 is 1. The molecule has 0 spiro atoms. The SMILES string of the molecule is COc1ccc([C@H]2OC=N[C@@H]2S(=O)(=O)c2ccccc2C)cc1. The van der Waals surface area contributed by atoms with Crippen molar-refractivity contribution in [2.24, 2.45) is 4.99 Å². The average Bonchev–Trinajstić information content (AvgIpc) is 3.05. The van der Waals surface area contributed by atoms with Crippen molar-refractivity contribution in [2.75, 3.05) is 7.11 Å². The van der Waals surface area contributed by atoms with Gasteiger partial charge in [0.25, 0.3) is 0 Å². The van der Waals surface area contributed by atoms with Crippen LogP contribution in [-0.4, -0.2) is 27.3 Å². The third kappa shape index (κ3) is 2.82. The zero-order valence-corrected chi connectivity index (χ0v) is 13.7. The van der Waals surface area contributed by atoms with Crippen LogP contribution in [0.1, 0.15) is 17.2 Å². The smallest absolute Gasteiger partial charge is 0.205 e. The van der Waals surface area contributed by atoms with Crippen LogP contribution in [0.3, 0.4) is 0 Å². The summed E-state index contributed by atoms with van der Waals surface area (Å²) in [5, 5.41) is -0.989. The first-order chi connectivity index (χ1) is 11.0. The summed E-state index contributed by atoms with van der Waals surface area (Å²) in [6.07, 6.45) is 0.556. The summed E-state index contributed by atoms with van der Waals surface area (Å²) in [6.45, 7) is 1.77. The minimum Gasteiger partial charge on any atom is -0.497 e. The molecule has 2 atom stereocenters. The summed E-state index contributed by atoms with van der Waals surface area (Å²) in [4.78, 5) is 4.34. The zero-order valence-electron chi connectivity index (χ0n) is 12.8. The molecule has 0 bridgehead atoms. The topological polar surface area (TPSA) is 65.0 Å². The van der Waals surface area contributed by atoms with Gasteiger partial charge in [0, 0.05) is 0 Å². The molecule has 0 aliphatic carbocycles. The Morgan fingerprint density at radius 1 is 1.09 bits per heavy atom. The van der Waals surface area contributed by atoms with Crippen molar-refractivity contribution in [1.82, 2.24) is 0 Å². The van der Waals surface area contributed by atoms with Crippen LogP contribution in [0.2, 0.25) is 0 Å². The van der Waals surface area contributed by atoms with E-state index in [4.69, 9.17) is 9.47 Å². The molecule has 0 unspecified atom stereocenters. The van der Waals surface area contributed by atoms with Crippen molar-refractivity contribution < 1.29 is 17.9 Å². The molecule has 120 valence electrons. The fraction of sp³-hybridized carbons (Fsp3) is 0.235. The molecule has 6 heteroatoms. The molecule has 2 aromatic carbocycles. The van der Waals surface area contributed by atoms with Gasteiger partial charge >= 0.3 is 0 Å². The molecule has 0 saturated heterocycles. The first-order valence-electron chi connectivity index (χ1n) is 7.14. The molecule has 0 radical (unpaired) electrons. The number of sulfone groups is 1. The Labute approximate surface area is 135 Å². The summed E-state index contributed by atoms with van der Waals surface area (Å²) in [5.41, 5.74) is 1.44. The van der Waals surface area contributed by atoms with E-state index in [-0.39, 0.29) is 4.90 Å². The summed E-state index contributed by atoms with van der Waals surface area (Å²) in [6, 6.07) is 14.0. The normalized spacial score (nSPS) is 20.3. The van der Waals surface area contributed by atoms with Gasteiger partial charge in [0.2, 0.25) is 9.84 Å². The number of hydrogen-bond acceptors (Lipinski definition) is 5. The molecule has 1 aliphatic heterocycles. The Kier molecular flexibility index (Phi) is 4.09. The second kappa shape index (κ2) is 6.04. The molecule has 0 amide bonds. The van der Waals surface area contributed by atoms with E-state index in [0.717, 1.165) is 5.56 Å². The predicted octanol–water partition coefficient (Wildman–Crippen LogP) is 2.90. The first kappa shape index (κ1) is 15.6. The molecule has 3 rings (SSSR count). The van der Waals surface area contributed by atoms with E-state index in [9.17, 15) is 8.42 Å². The van der Waals surface area contributed by atoms with Crippen LogP contribution in [0, 0.1) is 6.92 Å². The highest BCUT2D eigenvalue weighted by molar-refractivity contribution is 7.92. The lowest BCUT2D eigenvalue weighted by Crippen LogP contribution is -2.25. The van der Waals surface area contributed by atoms with E-state index in [0.29, 0.717) is 11.3 Å². The largest absolute Gasteiger partial charge is 0.497 e. The fourth-order valence-electron chi connectivity index (χ4n) is 2.59. The minimum absolute atomic E-state index is 0.283. The van der Waals surface area contributed by atoms with Crippen LogP contribution in [-0.2, 0) is 14.6 Å². The van der Waals surface area contributed by atoms with Crippen molar-refractivity contribution in [3.63, 3.8) is 0 Å². The minimum atomic E-state index is -3.64. The van der Waals surface area contributed by atoms with E-state index < -0.39 is 21.3 Å². The third-order valence-corrected chi connectivity index (χ3v) is 5.91. The molecule has 5 nitrogen and oxygen atoms in total. The van der Waals surface area contributed by atoms with Gasteiger partial charge < -0.3 is 9.47 Å². The van der Waals surface area contributed by atoms with Crippen molar-refractivity contribution in [3.8, 4) is 5.75 Å². The highest BCUT2D eigenvalue weighted by atomic mass is 32.2. The number of ether oxygens (including phenoxy) is 2. The number of aryl methyl sites for hydroxylation is 1. The van der Waals surface area contributed by atoms with Crippen molar-refractivity contribution >= 4 is 16.2 Å². The molecule has 0 aromatic heterocycles.